The van der Waals surface area contributed by atoms with Crippen LogP contribution in [0.15, 0.2) is 52.5 Å². The summed E-state index contributed by atoms with van der Waals surface area (Å²) in [5, 5.41) is 3.04. The summed E-state index contributed by atoms with van der Waals surface area (Å²) in [6, 6.07) is 11.2. The van der Waals surface area contributed by atoms with Gasteiger partial charge in [-0.25, -0.2) is 4.98 Å². The van der Waals surface area contributed by atoms with E-state index in [0.29, 0.717) is 11.2 Å². The molecule has 1 heterocycles. The molecule has 0 radical (unpaired) electrons. The molecule has 0 bridgehead atoms. The van der Waals surface area contributed by atoms with E-state index >= 15 is 0 Å². The summed E-state index contributed by atoms with van der Waals surface area (Å²) in [6.07, 6.45) is 3.53. The highest BCUT2D eigenvalue weighted by atomic mass is 32.2. The summed E-state index contributed by atoms with van der Waals surface area (Å²) in [5.41, 5.74) is 0.675. The maximum Gasteiger partial charge on any atom is 0.251 e. The Morgan fingerprint density at radius 2 is 2.05 bits per heavy atom. The predicted molar refractivity (Wildman–Crippen MR) is 81.1 cm³/mol. The fourth-order valence-corrected chi connectivity index (χ4v) is 2.90. The van der Waals surface area contributed by atoms with E-state index in [4.69, 9.17) is 0 Å². The first kappa shape index (κ1) is 13.9. The Morgan fingerprint density at radius 3 is 2.71 bits per heavy atom. The first-order valence-electron chi connectivity index (χ1n) is 6.80. The van der Waals surface area contributed by atoms with Crippen LogP contribution in [0, 0.1) is 0 Å². The summed E-state index contributed by atoms with van der Waals surface area (Å²) in [5.74, 6) is -0.0415. The van der Waals surface area contributed by atoms with E-state index in [1.54, 1.807) is 0 Å². The molecule has 0 saturated heterocycles. The molecule has 5 nitrogen and oxygen atoms in total. The molecule has 1 amide bonds. The zero-order chi connectivity index (χ0) is 14.7. The number of thioether (sulfide) groups is 1. The SMILES string of the molecule is O=C(NC1CC1)[C@H](Sc1nccc(=O)[nH]1)c1ccccc1. The van der Waals surface area contributed by atoms with Crippen molar-refractivity contribution in [3.63, 3.8) is 0 Å². The third-order valence-corrected chi connectivity index (χ3v) is 4.29. The van der Waals surface area contributed by atoms with Gasteiger partial charge in [0.05, 0.1) is 0 Å². The van der Waals surface area contributed by atoms with Gasteiger partial charge in [0.1, 0.15) is 5.25 Å². The van der Waals surface area contributed by atoms with Gasteiger partial charge < -0.3 is 10.3 Å². The Labute approximate surface area is 126 Å². The molecular formula is C15H15N3O2S. The molecule has 0 unspecified atom stereocenters. The average Bonchev–Trinajstić information content (AvgIpc) is 3.29. The van der Waals surface area contributed by atoms with Crippen molar-refractivity contribution in [3.05, 3.63) is 58.5 Å². The van der Waals surface area contributed by atoms with Gasteiger partial charge in [-0.2, -0.15) is 0 Å². The number of aromatic nitrogens is 2. The second kappa shape index (κ2) is 6.13. The molecule has 0 aliphatic heterocycles. The number of amides is 1. The maximum atomic E-state index is 12.4. The Balaban J connectivity index is 1.84. The normalized spacial score (nSPS) is 15.4. The van der Waals surface area contributed by atoms with Gasteiger partial charge in [0.2, 0.25) is 5.91 Å². The topological polar surface area (TPSA) is 74.8 Å². The summed E-state index contributed by atoms with van der Waals surface area (Å²) in [7, 11) is 0. The number of H-pyrrole nitrogens is 1. The molecule has 108 valence electrons. The lowest BCUT2D eigenvalue weighted by atomic mass is 10.1. The van der Waals surface area contributed by atoms with Crippen LogP contribution >= 0.6 is 11.8 Å². The Morgan fingerprint density at radius 1 is 1.29 bits per heavy atom. The molecule has 0 spiro atoms. The van der Waals surface area contributed by atoms with E-state index in [9.17, 15) is 9.59 Å². The molecule has 2 aromatic rings. The van der Waals surface area contributed by atoms with E-state index in [1.807, 2.05) is 30.3 Å². The molecular weight excluding hydrogens is 286 g/mol. The Hall–Kier alpha value is -2.08. The van der Waals surface area contributed by atoms with Crippen LogP contribution in [-0.4, -0.2) is 21.9 Å². The summed E-state index contributed by atoms with van der Waals surface area (Å²) in [4.78, 5) is 30.5. The molecule has 1 atom stereocenters. The molecule has 3 rings (SSSR count). The molecule has 1 saturated carbocycles. The lowest BCUT2D eigenvalue weighted by molar-refractivity contribution is -0.120. The number of hydrogen-bond acceptors (Lipinski definition) is 4. The minimum absolute atomic E-state index is 0.0415. The van der Waals surface area contributed by atoms with Crippen LogP contribution in [0.1, 0.15) is 23.7 Å². The number of hydrogen-bond donors (Lipinski definition) is 2. The highest BCUT2D eigenvalue weighted by Gasteiger charge is 2.29. The first-order chi connectivity index (χ1) is 10.2. The first-order valence-corrected chi connectivity index (χ1v) is 7.67. The van der Waals surface area contributed by atoms with Gasteiger partial charge in [-0.15, -0.1) is 0 Å². The molecule has 1 aliphatic rings. The summed E-state index contributed by atoms with van der Waals surface area (Å²) in [6.45, 7) is 0. The average molecular weight is 301 g/mol. The maximum absolute atomic E-state index is 12.4. The second-order valence-corrected chi connectivity index (χ2v) is 6.02. The zero-order valence-corrected chi connectivity index (χ0v) is 12.1. The van der Waals surface area contributed by atoms with E-state index in [-0.39, 0.29) is 11.5 Å². The number of aromatic amines is 1. The highest BCUT2D eigenvalue weighted by molar-refractivity contribution is 8.00. The number of nitrogens with one attached hydrogen (secondary N) is 2. The molecule has 1 aromatic carbocycles. The smallest absolute Gasteiger partial charge is 0.251 e. The number of benzene rings is 1. The van der Waals surface area contributed by atoms with Gasteiger partial charge in [-0.05, 0) is 18.4 Å². The van der Waals surface area contributed by atoms with Crippen molar-refractivity contribution in [2.24, 2.45) is 0 Å². The van der Waals surface area contributed by atoms with Crippen LogP contribution < -0.4 is 10.9 Å². The van der Waals surface area contributed by atoms with Crippen molar-refractivity contribution < 1.29 is 4.79 Å². The minimum atomic E-state index is -0.419. The van der Waals surface area contributed by atoms with E-state index in [1.165, 1.54) is 24.0 Å². The molecule has 6 heteroatoms. The largest absolute Gasteiger partial charge is 0.352 e. The number of nitrogens with zero attached hydrogens (tertiary/aromatic N) is 1. The van der Waals surface area contributed by atoms with Crippen LogP contribution in [0.2, 0.25) is 0 Å². The van der Waals surface area contributed by atoms with E-state index in [2.05, 4.69) is 15.3 Å². The van der Waals surface area contributed by atoms with Crippen molar-refractivity contribution in [3.8, 4) is 0 Å². The van der Waals surface area contributed by atoms with Gasteiger partial charge in [-0.3, -0.25) is 9.59 Å². The molecule has 1 fully saturated rings. The highest BCUT2D eigenvalue weighted by Crippen LogP contribution is 2.34. The Kier molecular flexibility index (Phi) is 4.06. The fraction of sp³-hybridized carbons (Fsp3) is 0.267. The van der Waals surface area contributed by atoms with Gasteiger partial charge in [0.25, 0.3) is 5.56 Å². The molecule has 21 heavy (non-hydrogen) atoms. The second-order valence-electron chi connectivity index (χ2n) is 4.93. The van der Waals surface area contributed by atoms with Crippen molar-refractivity contribution in [2.45, 2.75) is 29.3 Å². The van der Waals surface area contributed by atoms with Gasteiger partial charge in [0, 0.05) is 18.3 Å². The van der Waals surface area contributed by atoms with Crippen molar-refractivity contribution in [1.29, 1.82) is 0 Å². The number of carbonyl (C=O) groups excluding carboxylic acids is 1. The quantitative estimate of drug-likeness (QED) is 0.653. The summed E-state index contributed by atoms with van der Waals surface area (Å²) >= 11 is 1.26. The Bertz CT molecular complexity index is 683. The monoisotopic (exact) mass is 301 g/mol. The van der Waals surface area contributed by atoms with Gasteiger partial charge >= 0.3 is 0 Å². The van der Waals surface area contributed by atoms with E-state index < -0.39 is 5.25 Å². The zero-order valence-electron chi connectivity index (χ0n) is 11.3. The van der Waals surface area contributed by atoms with Crippen molar-refractivity contribution >= 4 is 17.7 Å². The minimum Gasteiger partial charge on any atom is -0.352 e. The third kappa shape index (κ3) is 3.72. The van der Waals surface area contributed by atoms with Crippen LogP contribution in [0.25, 0.3) is 0 Å². The number of carbonyl (C=O) groups is 1. The molecule has 2 N–H and O–H groups in total. The lowest BCUT2D eigenvalue weighted by Gasteiger charge is -2.16. The van der Waals surface area contributed by atoms with Gasteiger partial charge in [-0.1, -0.05) is 42.1 Å². The number of rotatable bonds is 5. The van der Waals surface area contributed by atoms with Crippen molar-refractivity contribution in [2.75, 3.05) is 0 Å². The van der Waals surface area contributed by atoms with Crippen molar-refractivity contribution in [1.82, 2.24) is 15.3 Å². The predicted octanol–water partition coefficient (Wildman–Crippen LogP) is 1.88. The third-order valence-electron chi connectivity index (χ3n) is 3.14. The van der Waals surface area contributed by atoms with Crippen LogP contribution in [-0.2, 0) is 4.79 Å². The van der Waals surface area contributed by atoms with Crippen LogP contribution in [0.5, 0.6) is 0 Å². The summed E-state index contributed by atoms with van der Waals surface area (Å²) < 4.78 is 0. The van der Waals surface area contributed by atoms with Gasteiger partial charge in [0.15, 0.2) is 5.16 Å². The molecule has 1 aromatic heterocycles. The molecule has 1 aliphatic carbocycles. The lowest BCUT2D eigenvalue weighted by Crippen LogP contribution is -2.30. The fourth-order valence-electron chi connectivity index (χ4n) is 1.93. The van der Waals surface area contributed by atoms with E-state index in [0.717, 1.165) is 18.4 Å². The van der Waals surface area contributed by atoms with Crippen LogP contribution in [0.4, 0.5) is 0 Å². The van der Waals surface area contributed by atoms with Crippen LogP contribution in [0.3, 0.4) is 0 Å². The standard InChI is InChI=1S/C15H15N3O2S/c19-12-8-9-16-15(18-12)21-13(10-4-2-1-3-5-10)14(20)17-11-6-7-11/h1-5,8-9,11,13H,6-7H2,(H,17,20)(H,16,18,19)/t13-/m1/s1.